The molecule has 3 aliphatic rings. The van der Waals surface area contributed by atoms with Gasteiger partial charge in [-0.3, -0.25) is 9.59 Å². The fourth-order valence-corrected chi connectivity index (χ4v) is 4.66. The second-order valence-electron chi connectivity index (χ2n) is 7.63. The quantitative estimate of drug-likeness (QED) is 0.731. The van der Waals surface area contributed by atoms with Crippen molar-refractivity contribution in [3.8, 4) is 0 Å². The lowest BCUT2D eigenvalue weighted by atomic mass is 9.75. The molecule has 4 nitrogen and oxygen atoms in total. The molecule has 3 rings (SSSR count). The van der Waals surface area contributed by atoms with Crippen LogP contribution in [0.3, 0.4) is 0 Å². The number of ether oxygens (including phenoxy) is 2. The Labute approximate surface area is 126 Å². The third-order valence-corrected chi connectivity index (χ3v) is 6.27. The van der Waals surface area contributed by atoms with Crippen molar-refractivity contribution in [2.45, 2.75) is 72.0 Å². The molecule has 2 aliphatic carbocycles. The minimum Gasteiger partial charge on any atom is -0.458 e. The Kier molecular flexibility index (Phi) is 3.34. The Morgan fingerprint density at radius 1 is 1.48 bits per heavy atom. The van der Waals surface area contributed by atoms with Crippen LogP contribution >= 0.6 is 0 Å². The van der Waals surface area contributed by atoms with Gasteiger partial charge in [-0.25, -0.2) is 0 Å². The summed E-state index contributed by atoms with van der Waals surface area (Å²) in [5, 5.41) is 0. The van der Waals surface area contributed by atoms with Gasteiger partial charge in [0.2, 0.25) is 0 Å². The van der Waals surface area contributed by atoms with E-state index in [0.29, 0.717) is 5.92 Å². The van der Waals surface area contributed by atoms with E-state index in [1.807, 2.05) is 20.8 Å². The summed E-state index contributed by atoms with van der Waals surface area (Å²) >= 11 is 0. The predicted molar refractivity (Wildman–Crippen MR) is 77.4 cm³/mol. The number of rotatable bonds is 5. The van der Waals surface area contributed by atoms with E-state index in [2.05, 4.69) is 6.92 Å². The highest BCUT2D eigenvalue weighted by molar-refractivity contribution is 5.81. The van der Waals surface area contributed by atoms with Crippen molar-refractivity contribution in [2.24, 2.45) is 22.7 Å². The molecule has 0 aromatic rings. The zero-order chi connectivity index (χ0) is 15.4. The van der Waals surface area contributed by atoms with Crippen molar-refractivity contribution in [2.75, 3.05) is 0 Å². The van der Waals surface area contributed by atoms with Crippen LogP contribution in [-0.2, 0) is 19.1 Å². The maximum absolute atomic E-state index is 12.6. The third kappa shape index (κ3) is 1.94. The Bertz CT molecular complexity index is 473. The number of hydrogen-bond acceptors (Lipinski definition) is 4. The lowest BCUT2D eigenvalue weighted by Crippen LogP contribution is -2.42. The van der Waals surface area contributed by atoms with Gasteiger partial charge in [0.05, 0.1) is 10.8 Å². The molecule has 118 valence electrons. The second-order valence-corrected chi connectivity index (χ2v) is 7.63. The van der Waals surface area contributed by atoms with Crippen LogP contribution in [0.15, 0.2) is 0 Å². The summed E-state index contributed by atoms with van der Waals surface area (Å²) in [4.78, 5) is 24.6. The van der Waals surface area contributed by atoms with E-state index in [4.69, 9.17) is 9.47 Å². The summed E-state index contributed by atoms with van der Waals surface area (Å²) in [5.74, 6) is 0.328. The molecule has 0 amide bonds. The Morgan fingerprint density at radius 3 is 2.81 bits per heavy atom. The Balaban J connectivity index is 1.73. The maximum atomic E-state index is 12.6. The summed E-state index contributed by atoms with van der Waals surface area (Å²) in [6.07, 6.45) is 3.93. The molecule has 21 heavy (non-hydrogen) atoms. The first-order valence-corrected chi connectivity index (χ1v) is 8.28. The number of esters is 2. The van der Waals surface area contributed by atoms with Gasteiger partial charge in [0.1, 0.15) is 12.2 Å². The smallest absolute Gasteiger partial charge is 0.312 e. The lowest BCUT2D eigenvalue weighted by Gasteiger charge is -2.33. The monoisotopic (exact) mass is 294 g/mol. The van der Waals surface area contributed by atoms with Crippen molar-refractivity contribution in [1.82, 2.24) is 0 Å². The Hall–Kier alpha value is -1.06. The van der Waals surface area contributed by atoms with Gasteiger partial charge in [0, 0.05) is 11.8 Å². The molecule has 2 saturated carbocycles. The van der Waals surface area contributed by atoms with Crippen LogP contribution < -0.4 is 0 Å². The summed E-state index contributed by atoms with van der Waals surface area (Å²) in [7, 11) is 0. The van der Waals surface area contributed by atoms with Crippen molar-refractivity contribution in [3.63, 3.8) is 0 Å². The molecule has 2 bridgehead atoms. The van der Waals surface area contributed by atoms with E-state index in [0.717, 1.165) is 32.1 Å². The number of fused-ring (bicyclic) bond motifs is 1. The summed E-state index contributed by atoms with van der Waals surface area (Å²) in [6, 6.07) is 0. The largest absolute Gasteiger partial charge is 0.458 e. The van der Waals surface area contributed by atoms with Crippen molar-refractivity contribution in [1.29, 1.82) is 0 Å². The Morgan fingerprint density at radius 2 is 2.19 bits per heavy atom. The highest BCUT2D eigenvalue weighted by Gasteiger charge is 2.69. The summed E-state index contributed by atoms with van der Waals surface area (Å²) in [6.45, 7) is 8.11. The zero-order valence-electron chi connectivity index (χ0n) is 13.5. The first-order valence-electron chi connectivity index (χ1n) is 8.28. The summed E-state index contributed by atoms with van der Waals surface area (Å²) < 4.78 is 11.4. The maximum Gasteiger partial charge on any atom is 0.312 e. The van der Waals surface area contributed by atoms with Gasteiger partial charge in [0.25, 0.3) is 0 Å². The van der Waals surface area contributed by atoms with Gasteiger partial charge >= 0.3 is 11.9 Å². The fraction of sp³-hybridized carbons (Fsp3) is 0.882. The molecule has 1 saturated heterocycles. The van der Waals surface area contributed by atoms with Crippen LogP contribution in [-0.4, -0.2) is 24.1 Å². The SMILES string of the molecule is CCCC(C)(CC)C(=O)OC1C2CC3C1OC(=O)C3(C)C2. The van der Waals surface area contributed by atoms with Crippen LogP contribution in [0, 0.1) is 22.7 Å². The molecule has 6 unspecified atom stereocenters. The number of hydrogen-bond donors (Lipinski definition) is 0. The molecule has 0 aromatic carbocycles. The van der Waals surface area contributed by atoms with E-state index in [1.54, 1.807) is 0 Å². The molecule has 6 atom stereocenters. The van der Waals surface area contributed by atoms with Crippen LogP contribution in [0.2, 0.25) is 0 Å². The fourth-order valence-electron chi connectivity index (χ4n) is 4.66. The highest BCUT2D eigenvalue weighted by atomic mass is 16.6. The molecule has 0 N–H and O–H groups in total. The van der Waals surface area contributed by atoms with Crippen LogP contribution in [0.1, 0.15) is 59.8 Å². The van der Waals surface area contributed by atoms with Gasteiger partial charge in [-0.2, -0.15) is 0 Å². The molecule has 1 aliphatic heterocycles. The molecule has 0 aromatic heterocycles. The molecule has 0 spiro atoms. The summed E-state index contributed by atoms with van der Waals surface area (Å²) in [5.41, 5.74) is -0.738. The van der Waals surface area contributed by atoms with E-state index in [9.17, 15) is 9.59 Å². The van der Waals surface area contributed by atoms with Gasteiger partial charge in [0.15, 0.2) is 0 Å². The molecular formula is C17H26O4. The normalized spacial score (nSPS) is 42.8. The van der Waals surface area contributed by atoms with E-state index < -0.39 is 5.41 Å². The van der Waals surface area contributed by atoms with E-state index >= 15 is 0 Å². The first-order chi connectivity index (χ1) is 9.85. The van der Waals surface area contributed by atoms with Crippen LogP contribution in [0.25, 0.3) is 0 Å². The van der Waals surface area contributed by atoms with Crippen molar-refractivity contribution < 1.29 is 19.1 Å². The van der Waals surface area contributed by atoms with Crippen molar-refractivity contribution in [3.05, 3.63) is 0 Å². The second kappa shape index (κ2) is 4.72. The van der Waals surface area contributed by atoms with E-state index in [-0.39, 0.29) is 35.5 Å². The third-order valence-electron chi connectivity index (χ3n) is 6.27. The topological polar surface area (TPSA) is 52.6 Å². The highest BCUT2D eigenvalue weighted by Crippen LogP contribution is 2.62. The standard InChI is InChI=1S/C17H26O4/c1-5-7-16(3,6-2)14(18)20-12-10-8-11-13(12)21-15(19)17(11,4)9-10/h10-13H,5-9H2,1-4H3. The van der Waals surface area contributed by atoms with Gasteiger partial charge in [-0.1, -0.05) is 20.3 Å². The van der Waals surface area contributed by atoms with E-state index in [1.165, 1.54) is 0 Å². The molecule has 3 fully saturated rings. The predicted octanol–water partition coefficient (Wildman–Crippen LogP) is 3.09. The van der Waals surface area contributed by atoms with Crippen LogP contribution in [0.4, 0.5) is 0 Å². The minimum atomic E-state index is -0.414. The lowest BCUT2D eigenvalue weighted by molar-refractivity contribution is -0.171. The molecule has 4 heteroatoms. The first kappa shape index (κ1) is 14.9. The average Bonchev–Trinajstić information content (AvgIpc) is 3.00. The molecular weight excluding hydrogens is 268 g/mol. The number of carbonyl (C=O) groups is 2. The van der Waals surface area contributed by atoms with Gasteiger partial charge < -0.3 is 9.47 Å². The van der Waals surface area contributed by atoms with Crippen LogP contribution in [0.5, 0.6) is 0 Å². The number of carbonyl (C=O) groups excluding carboxylic acids is 2. The molecule has 0 radical (unpaired) electrons. The minimum absolute atomic E-state index is 0.0923. The van der Waals surface area contributed by atoms with Crippen molar-refractivity contribution >= 4 is 11.9 Å². The van der Waals surface area contributed by atoms with Gasteiger partial charge in [-0.15, -0.1) is 0 Å². The van der Waals surface area contributed by atoms with Gasteiger partial charge in [-0.05, 0) is 39.5 Å². The average molecular weight is 294 g/mol. The zero-order valence-corrected chi connectivity index (χ0v) is 13.5. The molecule has 1 heterocycles.